The standard InChI is InChI=1S/C30H39N3O9/c1-6-17(35)42-26-19-15(10-7-8-13-32(2)3)14-11-9-12-16(34)18(14)24(36)20(19)27(38)30(41)22(26)23(33(4)5)25(37)21(28(30)39)29(31)40/h9,11-12,15,19-23,26,34,41H,6-8,10,13H2,1-5H3,(H2,31,40)/t15-,19+,20?,21?,22+,23-,26-,30-/m1/s1. The molecule has 3 aliphatic carbocycles. The maximum Gasteiger partial charge on any atom is 0.305 e. The number of hydrogen-bond donors (Lipinski definition) is 3. The Hall–Kier alpha value is -3.48. The molecule has 12 heteroatoms. The summed E-state index contributed by atoms with van der Waals surface area (Å²) in [5.74, 6) is -13.9. The van der Waals surface area contributed by atoms with Crippen LogP contribution in [-0.4, -0.2) is 108 Å². The van der Waals surface area contributed by atoms with Crippen molar-refractivity contribution in [1.29, 1.82) is 0 Å². The predicted octanol–water partition coefficient (Wildman–Crippen LogP) is 0.0717. The first-order chi connectivity index (χ1) is 19.7. The van der Waals surface area contributed by atoms with Crippen LogP contribution in [0.3, 0.4) is 0 Å². The number of carbonyl (C=O) groups excluding carboxylic acids is 6. The third-order valence-electron chi connectivity index (χ3n) is 9.05. The van der Waals surface area contributed by atoms with Gasteiger partial charge >= 0.3 is 5.97 Å². The molecule has 0 spiro atoms. The topological polar surface area (TPSA) is 185 Å². The summed E-state index contributed by atoms with van der Waals surface area (Å²) < 4.78 is 5.91. The van der Waals surface area contributed by atoms with Gasteiger partial charge in [-0.25, -0.2) is 0 Å². The third kappa shape index (κ3) is 4.84. The molecule has 12 nitrogen and oxygen atoms in total. The SMILES string of the molecule is CCC(=O)O[C@@H]1[C@@H]2C(C(=O)c3c(O)cccc3[C@H]2CCCCN(C)C)C(=O)[C@@]2(O)C(=O)C(C(N)=O)C(=O)[C@H](N(C)C)[C@@H]12. The van der Waals surface area contributed by atoms with E-state index >= 15 is 0 Å². The number of unbranched alkanes of at least 4 members (excludes halogenated alkanes) is 1. The van der Waals surface area contributed by atoms with Gasteiger partial charge in [0, 0.05) is 12.3 Å². The molecule has 228 valence electrons. The molecule has 0 heterocycles. The Morgan fingerprint density at radius 2 is 1.71 bits per heavy atom. The minimum atomic E-state index is -3.03. The van der Waals surface area contributed by atoms with Crippen LogP contribution in [0, 0.1) is 23.7 Å². The molecule has 0 saturated heterocycles. The summed E-state index contributed by atoms with van der Waals surface area (Å²) in [7, 11) is 6.82. The van der Waals surface area contributed by atoms with Crippen molar-refractivity contribution in [3.8, 4) is 5.75 Å². The molecule has 2 fully saturated rings. The zero-order valence-corrected chi connectivity index (χ0v) is 24.5. The van der Waals surface area contributed by atoms with E-state index in [4.69, 9.17) is 10.5 Å². The lowest BCUT2D eigenvalue weighted by Gasteiger charge is -2.57. The number of rotatable bonds is 9. The number of ether oxygens (including phenoxy) is 1. The van der Waals surface area contributed by atoms with Crippen LogP contribution >= 0.6 is 0 Å². The number of likely N-dealkylation sites (N-methyl/N-ethyl adjacent to an activating group) is 1. The second kappa shape index (κ2) is 11.7. The summed E-state index contributed by atoms with van der Waals surface area (Å²) >= 11 is 0. The van der Waals surface area contributed by atoms with E-state index in [0.29, 0.717) is 18.4 Å². The molecule has 0 aliphatic heterocycles. The number of Topliss-reactive ketones (excluding diaryl/α,β-unsaturated/α-hetero) is 4. The number of hydrogen-bond acceptors (Lipinski definition) is 11. The number of ketones is 4. The van der Waals surface area contributed by atoms with E-state index in [1.807, 2.05) is 19.0 Å². The average molecular weight is 586 g/mol. The number of aromatic hydroxyl groups is 1. The zero-order chi connectivity index (χ0) is 31.3. The smallest absolute Gasteiger partial charge is 0.305 e. The lowest BCUT2D eigenvalue weighted by Crippen LogP contribution is -2.78. The predicted molar refractivity (Wildman–Crippen MR) is 148 cm³/mol. The molecule has 0 radical (unpaired) electrons. The van der Waals surface area contributed by atoms with Crippen LogP contribution in [-0.2, 0) is 28.7 Å². The van der Waals surface area contributed by atoms with E-state index in [1.54, 1.807) is 19.1 Å². The molecule has 0 bridgehead atoms. The molecule has 1 aromatic rings. The van der Waals surface area contributed by atoms with Crippen molar-refractivity contribution in [3.63, 3.8) is 0 Å². The molecular formula is C30H39N3O9. The number of fused-ring (bicyclic) bond motifs is 3. The number of esters is 1. The van der Waals surface area contributed by atoms with Crippen LogP contribution < -0.4 is 5.73 Å². The Balaban J connectivity index is 1.98. The third-order valence-corrected chi connectivity index (χ3v) is 9.05. The highest BCUT2D eigenvalue weighted by atomic mass is 16.5. The first-order valence-corrected chi connectivity index (χ1v) is 14.2. The first kappa shape index (κ1) is 31.5. The minimum Gasteiger partial charge on any atom is -0.507 e. The van der Waals surface area contributed by atoms with E-state index in [9.17, 15) is 39.0 Å². The van der Waals surface area contributed by atoms with Crippen LogP contribution in [0.2, 0.25) is 0 Å². The Morgan fingerprint density at radius 1 is 1.05 bits per heavy atom. The molecule has 8 atom stereocenters. The van der Waals surface area contributed by atoms with Crippen molar-refractivity contribution >= 4 is 35.0 Å². The minimum absolute atomic E-state index is 0.0930. The number of aliphatic hydroxyl groups is 1. The maximum atomic E-state index is 14.4. The Kier molecular flexibility index (Phi) is 8.73. The zero-order valence-electron chi connectivity index (χ0n) is 24.5. The largest absolute Gasteiger partial charge is 0.507 e. The number of nitrogens with zero attached hydrogens (tertiary/aromatic N) is 2. The van der Waals surface area contributed by atoms with E-state index in [1.165, 1.54) is 25.1 Å². The van der Waals surface area contributed by atoms with Gasteiger partial charge in [-0.2, -0.15) is 0 Å². The molecule has 2 saturated carbocycles. The highest BCUT2D eigenvalue weighted by Crippen LogP contribution is 2.56. The molecule has 0 aromatic heterocycles. The molecule has 3 aliphatic rings. The molecular weight excluding hydrogens is 546 g/mol. The molecule has 4 rings (SSSR count). The van der Waals surface area contributed by atoms with Crippen LogP contribution in [0.25, 0.3) is 0 Å². The second-order valence-corrected chi connectivity index (χ2v) is 12.0. The van der Waals surface area contributed by atoms with Gasteiger partial charge in [0.05, 0.1) is 23.4 Å². The normalized spacial score (nSPS) is 32.4. The molecule has 1 amide bonds. The van der Waals surface area contributed by atoms with Gasteiger partial charge in [0.15, 0.2) is 34.7 Å². The van der Waals surface area contributed by atoms with Gasteiger partial charge in [-0.1, -0.05) is 25.5 Å². The van der Waals surface area contributed by atoms with Crippen molar-refractivity contribution in [2.24, 2.45) is 29.4 Å². The summed E-state index contributed by atoms with van der Waals surface area (Å²) in [6.45, 7) is 2.31. The Labute approximate surface area is 244 Å². The monoisotopic (exact) mass is 585 g/mol. The maximum absolute atomic E-state index is 14.4. The lowest BCUT2D eigenvalue weighted by molar-refractivity contribution is -0.206. The molecule has 1 aromatic carbocycles. The summed E-state index contributed by atoms with van der Waals surface area (Å²) in [5.41, 5.74) is 2.75. The fourth-order valence-electron chi connectivity index (χ4n) is 7.26. The van der Waals surface area contributed by atoms with Gasteiger partial charge in [0.2, 0.25) is 5.91 Å². The van der Waals surface area contributed by atoms with Crippen LogP contribution in [0.5, 0.6) is 5.75 Å². The van der Waals surface area contributed by atoms with E-state index < -0.39 is 82.3 Å². The van der Waals surface area contributed by atoms with Crippen LogP contribution in [0.4, 0.5) is 0 Å². The van der Waals surface area contributed by atoms with Gasteiger partial charge in [-0.15, -0.1) is 0 Å². The van der Waals surface area contributed by atoms with Crippen molar-refractivity contribution < 1.29 is 43.7 Å². The fourth-order valence-corrected chi connectivity index (χ4v) is 7.26. The summed E-state index contributed by atoms with van der Waals surface area (Å²) in [6.07, 6.45) is 0.310. The van der Waals surface area contributed by atoms with E-state index in [0.717, 1.165) is 13.0 Å². The summed E-state index contributed by atoms with van der Waals surface area (Å²) in [6, 6.07) is 3.15. The van der Waals surface area contributed by atoms with Crippen molar-refractivity contribution in [2.45, 2.75) is 56.3 Å². The lowest BCUT2D eigenvalue weighted by atomic mass is 9.49. The van der Waals surface area contributed by atoms with Gasteiger partial charge in [-0.05, 0) is 65.1 Å². The van der Waals surface area contributed by atoms with Gasteiger partial charge in [0.25, 0.3) is 0 Å². The molecule has 2 unspecified atom stereocenters. The van der Waals surface area contributed by atoms with Crippen molar-refractivity contribution in [2.75, 3.05) is 34.7 Å². The highest BCUT2D eigenvalue weighted by Gasteiger charge is 2.74. The molecule has 4 N–H and O–H groups in total. The van der Waals surface area contributed by atoms with Crippen LogP contribution in [0.1, 0.15) is 54.4 Å². The van der Waals surface area contributed by atoms with E-state index in [-0.39, 0.29) is 17.7 Å². The van der Waals surface area contributed by atoms with Gasteiger partial charge in [-0.3, -0.25) is 33.7 Å². The number of phenolic OH excluding ortho intramolecular Hbond substituents is 1. The number of phenols is 1. The van der Waals surface area contributed by atoms with Crippen molar-refractivity contribution in [3.05, 3.63) is 29.3 Å². The number of benzene rings is 1. The average Bonchev–Trinajstić information content (AvgIpc) is 2.90. The quantitative estimate of drug-likeness (QED) is 0.202. The van der Waals surface area contributed by atoms with Crippen LogP contribution in [0.15, 0.2) is 18.2 Å². The number of amides is 1. The first-order valence-electron chi connectivity index (χ1n) is 14.2. The van der Waals surface area contributed by atoms with Gasteiger partial charge in [0.1, 0.15) is 11.9 Å². The summed E-state index contributed by atoms with van der Waals surface area (Å²) in [4.78, 5) is 84.3. The number of nitrogens with two attached hydrogens (primary N) is 1. The Morgan fingerprint density at radius 3 is 2.29 bits per heavy atom. The second-order valence-electron chi connectivity index (χ2n) is 12.0. The fraction of sp³-hybridized carbons (Fsp3) is 0.600. The van der Waals surface area contributed by atoms with Gasteiger partial charge < -0.3 is 25.6 Å². The number of carbonyl (C=O) groups is 6. The highest BCUT2D eigenvalue weighted by molar-refractivity contribution is 6.32. The van der Waals surface area contributed by atoms with Crippen molar-refractivity contribution in [1.82, 2.24) is 9.80 Å². The Bertz CT molecular complexity index is 1320. The molecule has 42 heavy (non-hydrogen) atoms. The van der Waals surface area contributed by atoms with E-state index in [2.05, 4.69) is 0 Å². The summed E-state index contributed by atoms with van der Waals surface area (Å²) in [5, 5.41) is 22.8. The number of primary amides is 1.